The smallest absolute Gasteiger partial charge is 0.129 e. The maximum absolute atomic E-state index is 5.79. The van der Waals surface area contributed by atoms with Crippen molar-refractivity contribution >= 4 is 17.7 Å². The fourth-order valence-corrected chi connectivity index (χ4v) is 2.66. The van der Waals surface area contributed by atoms with Crippen molar-refractivity contribution < 1.29 is 0 Å². The summed E-state index contributed by atoms with van der Waals surface area (Å²) in [4.78, 5) is 6.56. The van der Waals surface area contributed by atoms with E-state index in [9.17, 15) is 0 Å². The molecule has 0 bridgehead atoms. The monoisotopic (exact) mass is 310 g/mol. The zero-order chi connectivity index (χ0) is 15.2. The molecule has 0 saturated carbocycles. The number of hydrogen-bond acceptors (Lipinski definition) is 2. The average molecular weight is 311 g/mol. The lowest BCUT2D eigenvalue weighted by molar-refractivity contribution is 0.287. The van der Waals surface area contributed by atoms with Gasteiger partial charge in [-0.3, -0.25) is 4.90 Å². The Hall–Kier alpha value is -1.90. The zero-order valence-electron chi connectivity index (χ0n) is 12.5. The van der Waals surface area contributed by atoms with Gasteiger partial charge >= 0.3 is 0 Å². The van der Waals surface area contributed by atoms with Crippen LogP contribution in [0.2, 0.25) is 5.15 Å². The molecule has 2 nitrogen and oxygen atoms in total. The van der Waals surface area contributed by atoms with E-state index in [1.54, 1.807) is 6.20 Å². The Bertz CT molecular complexity index is 660. The summed E-state index contributed by atoms with van der Waals surface area (Å²) < 4.78 is 0. The second-order valence-electron chi connectivity index (χ2n) is 5.50. The molecule has 2 heterocycles. The van der Waals surface area contributed by atoms with Crippen LogP contribution >= 0.6 is 11.6 Å². The summed E-state index contributed by atoms with van der Waals surface area (Å²) in [5.41, 5.74) is 3.85. The summed E-state index contributed by atoms with van der Waals surface area (Å²) in [6, 6.07) is 14.4. The highest BCUT2D eigenvalue weighted by Crippen LogP contribution is 2.16. The van der Waals surface area contributed by atoms with E-state index < -0.39 is 0 Å². The Kier molecular flexibility index (Phi) is 5.04. The molecule has 0 amide bonds. The van der Waals surface area contributed by atoms with E-state index in [0.717, 1.165) is 31.6 Å². The zero-order valence-corrected chi connectivity index (χ0v) is 13.2. The molecule has 22 heavy (non-hydrogen) atoms. The van der Waals surface area contributed by atoms with Crippen molar-refractivity contribution in [3.05, 3.63) is 82.7 Å². The van der Waals surface area contributed by atoms with Crippen molar-refractivity contribution in [2.24, 2.45) is 0 Å². The molecular formula is C19H19ClN2. The van der Waals surface area contributed by atoms with E-state index in [1.165, 1.54) is 11.1 Å². The van der Waals surface area contributed by atoms with Crippen molar-refractivity contribution in [1.29, 1.82) is 0 Å². The first-order valence-corrected chi connectivity index (χ1v) is 7.92. The number of halogens is 1. The molecule has 0 fully saturated rings. The second kappa shape index (κ2) is 7.39. The van der Waals surface area contributed by atoms with Gasteiger partial charge in [-0.25, -0.2) is 4.98 Å². The Morgan fingerprint density at radius 2 is 1.95 bits per heavy atom. The van der Waals surface area contributed by atoms with Crippen molar-refractivity contribution in [3.8, 4) is 0 Å². The highest BCUT2D eigenvalue weighted by molar-refractivity contribution is 6.29. The summed E-state index contributed by atoms with van der Waals surface area (Å²) in [7, 11) is 0. The van der Waals surface area contributed by atoms with E-state index in [-0.39, 0.29) is 0 Å². The molecule has 0 N–H and O–H groups in total. The Balaban J connectivity index is 1.56. The minimum atomic E-state index is 0.533. The van der Waals surface area contributed by atoms with Crippen molar-refractivity contribution in [2.75, 3.05) is 13.1 Å². The molecule has 0 unspecified atom stereocenters. The van der Waals surface area contributed by atoms with Crippen LogP contribution in [0.3, 0.4) is 0 Å². The third-order valence-corrected chi connectivity index (χ3v) is 4.04. The molecule has 0 spiro atoms. The van der Waals surface area contributed by atoms with Crippen LogP contribution in [0.25, 0.3) is 6.08 Å². The van der Waals surface area contributed by atoms with Crippen LogP contribution in [-0.4, -0.2) is 23.0 Å². The van der Waals surface area contributed by atoms with E-state index in [0.29, 0.717) is 5.15 Å². The fourth-order valence-electron chi connectivity index (χ4n) is 2.55. The van der Waals surface area contributed by atoms with E-state index >= 15 is 0 Å². The molecular weight excluding hydrogens is 292 g/mol. The largest absolute Gasteiger partial charge is 0.295 e. The minimum Gasteiger partial charge on any atom is -0.295 e. The van der Waals surface area contributed by atoms with E-state index in [2.05, 4.69) is 58.4 Å². The normalized spacial score (nSPS) is 16.0. The average Bonchev–Trinajstić information content (AvgIpc) is 2.57. The molecule has 1 aromatic carbocycles. The van der Waals surface area contributed by atoms with Gasteiger partial charge in [-0.2, -0.15) is 0 Å². The maximum atomic E-state index is 5.79. The molecule has 0 atom stereocenters. The molecule has 1 aromatic heterocycles. The van der Waals surface area contributed by atoms with Gasteiger partial charge in [0.25, 0.3) is 0 Å². The van der Waals surface area contributed by atoms with Gasteiger partial charge in [-0.05, 0) is 29.2 Å². The number of nitrogens with zero attached hydrogens (tertiary/aromatic N) is 2. The van der Waals surface area contributed by atoms with Crippen molar-refractivity contribution in [2.45, 2.75) is 13.0 Å². The predicted molar refractivity (Wildman–Crippen MR) is 92.7 cm³/mol. The van der Waals surface area contributed by atoms with Gasteiger partial charge in [0.1, 0.15) is 5.15 Å². The molecule has 0 aliphatic carbocycles. The van der Waals surface area contributed by atoms with Gasteiger partial charge in [-0.15, -0.1) is 0 Å². The van der Waals surface area contributed by atoms with Crippen LogP contribution in [0.15, 0.2) is 66.4 Å². The molecule has 2 aromatic rings. The van der Waals surface area contributed by atoms with Gasteiger partial charge in [-0.1, -0.05) is 66.2 Å². The predicted octanol–water partition coefficient (Wildman–Crippen LogP) is 4.58. The summed E-state index contributed by atoms with van der Waals surface area (Å²) in [5, 5.41) is 0.533. The van der Waals surface area contributed by atoms with Gasteiger partial charge < -0.3 is 0 Å². The number of benzene rings is 1. The summed E-state index contributed by atoms with van der Waals surface area (Å²) in [5.74, 6) is 0. The third-order valence-electron chi connectivity index (χ3n) is 3.82. The molecule has 3 rings (SSSR count). The molecule has 1 aliphatic heterocycles. The molecule has 0 radical (unpaired) electrons. The lowest BCUT2D eigenvalue weighted by Crippen LogP contribution is -2.27. The molecule has 112 valence electrons. The van der Waals surface area contributed by atoms with Gasteiger partial charge in [0.15, 0.2) is 0 Å². The highest BCUT2D eigenvalue weighted by atomic mass is 35.5. The molecule has 1 aliphatic rings. The van der Waals surface area contributed by atoms with Crippen LogP contribution in [-0.2, 0) is 6.54 Å². The van der Waals surface area contributed by atoms with E-state index in [4.69, 9.17) is 11.6 Å². The second-order valence-corrected chi connectivity index (χ2v) is 5.88. The number of aromatic nitrogens is 1. The van der Waals surface area contributed by atoms with Gasteiger partial charge in [0, 0.05) is 25.8 Å². The van der Waals surface area contributed by atoms with E-state index in [1.807, 2.05) is 12.1 Å². The summed E-state index contributed by atoms with van der Waals surface area (Å²) in [6.07, 6.45) is 9.48. The van der Waals surface area contributed by atoms with Crippen molar-refractivity contribution in [3.63, 3.8) is 0 Å². The van der Waals surface area contributed by atoms with Crippen LogP contribution in [0.4, 0.5) is 0 Å². The minimum absolute atomic E-state index is 0.533. The van der Waals surface area contributed by atoms with Crippen molar-refractivity contribution in [1.82, 2.24) is 9.88 Å². The van der Waals surface area contributed by atoms with Crippen LogP contribution in [0, 0.1) is 0 Å². The fraction of sp³-hybridized carbons (Fsp3) is 0.211. The molecule has 0 saturated heterocycles. The first-order chi connectivity index (χ1) is 10.8. The lowest BCUT2D eigenvalue weighted by atomic mass is 10.1. The SMILES string of the molecule is Clc1ccc(C=CC2=CCN(Cc3ccccc3)CC2)cn1. The van der Waals surface area contributed by atoms with Crippen LogP contribution in [0.1, 0.15) is 17.5 Å². The Labute approximate surface area is 136 Å². The summed E-state index contributed by atoms with van der Waals surface area (Å²) >= 11 is 5.79. The van der Waals surface area contributed by atoms with Crippen LogP contribution < -0.4 is 0 Å². The standard InChI is InChI=1S/C19H19ClN2/c20-19-9-8-17(14-21-19)7-6-16-10-12-22(13-11-16)15-18-4-2-1-3-5-18/h1-10,14H,11-13,15H2. The Morgan fingerprint density at radius 3 is 2.64 bits per heavy atom. The van der Waals surface area contributed by atoms with Gasteiger partial charge in [0.2, 0.25) is 0 Å². The summed E-state index contributed by atoms with van der Waals surface area (Å²) in [6.45, 7) is 3.13. The maximum Gasteiger partial charge on any atom is 0.129 e. The number of pyridine rings is 1. The Morgan fingerprint density at radius 1 is 1.09 bits per heavy atom. The highest BCUT2D eigenvalue weighted by Gasteiger charge is 2.10. The number of rotatable bonds is 4. The van der Waals surface area contributed by atoms with Crippen LogP contribution in [0.5, 0.6) is 0 Å². The lowest BCUT2D eigenvalue weighted by Gasteiger charge is -2.25. The quantitative estimate of drug-likeness (QED) is 0.768. The number of allylic oxidation sites excluding steroid dienone is 1. The third kappa shape index (κ3) is 4.30. The van der Waals surface area contributed by atoms with Gasteiger partial charge in [0.05, 0.1) is 0 Å². The number of hydrogen-bond donors (Lipinski definition) is 0. The first kappa shape index (κ1) is 15.0. The molecule has 3 heteroatoms. The first-order valence-electron chi connectivity index (χ1n) is 7.54. The topological polar surface area (TPSA) is 16.1 Å².